The van der Waals surface area contributed by atoms with Gasteiger partial charge < -0.3 is 10.2 Å². The van der Waals surface area contributed by atoms with Gasteiger partial charge in [-0.2, -0.15) is 23.4 Å². The van der Waals surface area contributed by atoms with E-state index in [4.69, 9.17) is 16.7 Å². The molecule has 7 rings (SSSR count). The third kappa shape index (κ3) is 3.95. The largest absolute Gasteiger partial charge is 0.493 e. The topological polar surface area (TPSA) is 91.8 Å². The minimum absolute atomic E-state index is 0.184. The highest BCUT2D eigenvalue weighted by atomic mass is 35.5. The Morgan fingerprint density at radius 3 is 2.54 bits per heavy atom. The van der Waals surface area contributed by atoms with Crippen LogP contribution in [0.1, 0.15) is 30.1 Å². The number of fused-ring (bicyclic) bond motifs is 2. The molecule has 0 unspecified atom stereocenters. The van der Waals surface area contributed by atoms with Crippen molar-refractivity contribution in [1.82, 2.24) is 34.8 Å². The van der Waals surface area contributed by atoms with Crippen LogP contribution >= 0.6 is 11.6 Å². The van der Waals surface area contributed by atoms with Crippen molar-refractivity contribution in [2.24, 2.45) is 12.5 Å². The van der Waals surface area contributed by atoms with Crippen LogP contribution in [-0.2, 0) is 11.8 Å². The van der Waals surface area contributed by atoms with Crippen LogP contribution in [0.5, 0.6) is 0 Å². The average Bonchev–Trinajstić information content (AvgIpc) is 3.54. The summed E-state index contributed by atoms with van der Waals surface area (Å²) in [6.07, 6.45) is -0.00738. The second kappa shape index (κ2) is 8.80. The van der Waals surface area contributed by atoms with Gasteiger partial charge in [-0.25, -0.2) is 4.79 Å². The molecule has 1 saturated carbocycles. The Balaban J connectivity index is 1.43. The molecule has 13 heteroatoms. The fraction of sp³-hybridized carbons (Fsp3) is 0.357. The summed E-state index contributed by atoms with van der Waals surface area (Å²) in [4.78, 5) is 16.8. The van der Waals surface area contributed by atoms with E-state index in [1.165, 1.54) is 6.20 Å². The number of hydrogen-bond donors (Lipinski definition) is 1. The van der Waals surface area contributed by atoms with E-state index in [9.17, 15) is 18.0 Å². The van der Waals surface area contributed by atoms with Crippen LogP contribution in [0.4, 0.5) is 13.2 Å². The zero-order valence-electron chi connectivity index (χ0n) is 22.4. The van der Waals surface area contributed by atoms with Crippen LogP contribution in [0.15, 0.2) is 36.7 Å². The van der Waals surface area contributed by atoms with Gasteiger partial charge in [0.15, 0.2) is 0 Å². The fourth-order valence-electron chi connectivity index (χ4n) is 6.26. The molecule has 1 saturated heterocycles. The lowest BCUT2D eigenvalue weighted by Crippen LogP contribution is -2.60. The number of carbonyl (C=O) groups is 1. The molecule has 3 aromatic heterocycles. The van der Waals surface area contributed by atoms with Crippen molar-refractivity contribution in [2.45, 2.75) is 38.9 Å². The summed E-state index contributed by atoms with van der Waals surface area (Å²) in [5, 5.41) is 18.6. The monoisotopic (exact) mass is 583 g/mol. The SMILES string of the molecule is Cc1cc2c(cnn2OC(=O)C(F)(F)F)c(-c2c(-c3ccc4c(cnn4C)c3)nn(C3CC4(CNC4)C3)c2C)c1Cl. The standard InChI is InChI=1S/C28H25ClF3N7O2/c1-14-6-21-19(11-35-39(21)41-26(40)28(30,31)32)23(24(14)29)22-15(2)38(18-8-27(9-18)12-33-13-27)36-25(22)16-4-5-20-17(7-16)10-34-37(20)3/h4-7,10-11,18,33H,8-9,12-13H2,1-3H3. The maximum absolute atomic E-state index is 13.0. The van der Waals surface area contributed by atoms with Crippen molar-refractivity contribution in [3.63, 3.8) is 0 Å². The van der Waals surface area contributed by atoms with Crippen molar-refractivity contribution in [3.05, 3.63) is 52.9 Å². The summed E-state index contributed by atoms with van der Waals surface area (Å²) < 4.78 is 42.8. The Bertz CT molecular complexity index is 1880. The van der Waals surface area contributed by atoms with Gasteiger partial charge in [0.05, 0.1) is 29.0 Å². The maximum Gasteiger partial charge on any atom is 0.493 e. The normalized spacial score (nSPS) is 16.9. The van der Waals surface area contributed by atoms with Gasteiger partial charge in [0, 0.05) is 53.3 Å². The zero-order valence-corrected chi connectivity index (χ0v) is 23.1. The summed E-state index contributed by atoms with van der Waals surface area (Å²) in [5.74, 6) is -2.37. The molecule has 1 spiro atoms. The van der Waals surface area contributed by atoms with Gasteiger partial charge in [0.25, 0.3) is 0 Å². The lowest BCUT2D eigenvalue weighted by atomic mass is 9.61. The molecule has 212 valence electrons. The number of rotatable bonds is 4. The Morgan fingerprint density at radius 2 is 1.85 bits per heavy atom. The number of aromatic nitrogens is 6. The molecule has 2 aromatic carbocycles. The smallest absolute Gasteiger partial charge is 0.316 e. The molecule has 4 heterocycles. The van der Waals surface area contributed by atoms with Crippen LogP contribution in [0.25, 0.3) is 44.2 Å². The van der Waals surface area contributed by atoms with E-state index in [-0.39, 0.29) is 11.6 Å². The van der Waals surface area contributed by atoms with Crippen LogP contribution in [0, 0.1) is 19.3 Å². The highest BCUT2D eigenvalue weighted by Gasteiger charge is 2.50. The van der Waals surface area contributed by atoms with Gasteiger partial charge in [-0.1, -0.05) is 22.5 Å². The molecule has 2 fully saturated rings. The number of aryl methyl sites for hydroxylation is 2. The Labute approximate surface area is 236 Å². The van der Waals surface area contributed by atoms with Crippen LogP contribution < -0.4 is 10.2 Å². The third-order valence-electron chi connectivity index (χ3n) is 8.47. The van der Waals surface area contributed by atoms with Gasteiger partial charge >= 0.3 is 12.1 Å². The van der Waals surface area contributed by atoms with Crippen molar-refractivity contribution in [2.75, 3.05) is 13.1 Å². The van der Waals surface area contributed by atoms with Crippen molar-refractivity contribution < 1.29 is 22.8 Å². The highest BCUT2D eigenvalue weighted by molar-refractivity contribution is 6.36. The maximum atomic E-state index is 13.0. The molecule has 0 bridgehead atoms. The van der Waals surface area contributed by atoms with Crippen molar-refractivity contribution in [3.8, 4) is 22.4 Å². The van der Waals surface area contributed by atoms with Gasteiger partial charge in [-0.05, 0) is 55.9 Å². The van der Waals surface area contributed by atoms with E-state index in [0.717, 1.165) is 53.7 Å². The molecular formula is C28H25ClF3N7O2. The lowest BCUT2D eigenvalue weighted by molar-refractivity contribution is -0.200. The minimum Gasteiger partial charge on any atom is -0.316 e. The average molecular weight is 584 g/mol. The zero-order chi connectivity index (χ0) is 28.8. The molecular weight excluding hydrogens is 559 g/mol. The van der Waals surface area contributed by atoms with Gasteiger partial charge in [0.1, 0.15) is 11.2 Å². The summed E-state index contributed by atoms with van der Waals surface area (Å²) in [5.41, 5.74) is 5.79. The first kappa shape index (κ1) is 26.0. The number of benzene rings is 2. The summed E-state index contributed by atoms with van der Waals surface area (Å²) in [6.45, 7) is 5.73. The highest BCUT2D eigenvalue weighted by Crippen LogP contribution is 2.53. The van der Waals surface area contributed by atoms with E-state index < -0.39 is 12.1 Å². The molecule has 1 aliphatic carbocycles. The number of carbonyl (C=O) groups excluding carboxylic acids is 1. The second-order valence-electron chi connectivity index (χ2n) is 11.2. The van der Waals surface area contributed by atoms with Crippen molar-refractivity contribution >= 4 is 39.4 Å². The van der Waals surface area contributed by atoms with Gasteiger partial charge in [0.2, 0.25) is 0 Å². The van der Waals surface area contributed by atoms with Crippen LogP contribution in [0.3, 0.4) is 0 Å². The second-order valence-corrected chi connectivity index (χ2v) is 11.5. The van der Waals surface area contributed by atoms with Gasteiger partial charge in [-0.15, -0.1) is 5.10 Å². The summed E-state index contributed by atoms with van der Waals surface area (Å²) in [7, 11) is 1.88. The number of halogens is 4. The molecule has 1 aliphatic heterocycles. The predicted octanol–water partition coefficient (Wildman–Crippen LogP) is 5.17. The third-order valence-corrected chi connectivity index (χ3v) is 8.95. The Kier molecular flexibility index (Phi) is 5.59. The van der Waals surface area contributed by atoms with E-state index in [2.05, 4.69) is 25.0 Å². The van der Waals surface area contributed by atoms with Gasteiger partial charge in [-0.3, -0.25) is 9.36 Å². The van der Waals surface area contributed by atoms with E-state index in [1.807, 2.05) is 32.2 Å². The fourth-order valence-corrected chi connectivity index (χ4v) is 6.52. The summed E-state index contributed by atoms with van der Waals surface area (Å²) in [6, 6.07) is 7.74. The Hall–Kier alpha value is -3.90. The summed E-state index contributed by atoms with van der Waals surface area (Å²) >= 11 is 6.95. The number of nitrogens with zero attached hydrogens (tertiary/aromatic N) is 6. The first-order valence-electron chi connectivity index (χ1n) is 13.1. The molecule has 0 amide bonds. The molecule has 41 heavy (non-hydrogen) atoms. The van der Waals surface area contributed by atoms with Crippen LogP contribution in [-0.4, -0.2) is 54.7 Å². The van der Waals surface area contributed by atoms with Crippen LogP contribution in [0.2, 0.25) is 5.02 Å². The Morgan fingerprint density at radius 1 is 1.10 bits per heavy atom. The molecule has 0 atom stereocenters. The quantitative estimate of drug-likeness (QED) is 0.314. The first-order valence-corrected chi connectivity index (χ1v) is 13.5. The van der Waals surface area contributed by atoms with E-state index in [1.54, 1.807) is 23.9 Å². The number of alkyl halides is 3. The molecule has 1 N–H and O–H groups in total. The molecule has 9 nitrogen and oxygen atoms in total. The van der Waals surface area contributed by atoms with Crippen molar-refractivity contribution in [1.29, 1.82) is 0 Å². The molecule has 2 aliphatic rings. The molecule has 0 radical (unpaired) electrons. The first-order chi connectivity index (χ1) is 19.5. The number of hydrogen-bond acceptors (Lipinski definition) is 6. The number of nitrogens with one attached hydrogen (secondary N) is 1. The molecule has 5 aromatic rings. The minimum atomic E-state index is -5.17. The lowest BCUT2D eigenvalue weighted by Gasteiger charge is -2.54. The van der Waals surface area contributed by atoms with E-state index >= 15 is 0 Å². The predicted molar refractivity (Wildman–Crippen MR) is 146 cm³/mol. The van der Waals surface area contributed by atoms with E-state index in [0.29, 0.717) is 37.5 Å².